The molecule has 1 aromatic rings. The molecule has 1 aromatic carbocycles. The first-order valence-electron chi connectivity index (χ1n) is 5.88. The van der Waals surface area contributed by atoms with Crippen LogP contribution < -0.4 is 10.6 Å². The fourth-order valence-corrected chi connectivity index (χ4v) is 2.59. The summed E-state index contributed by atoms with van der Waals surface area (Å²) in [7, 11) is 3.45. The van der Waals surface area contributed by atoms with E-state index in [0.717, 1.165) is 24.8 Å². The molecular formula is C13H18F2N2. The van der Waals surface area contributed by atoms with Gasteiger partial charge in [0.05, 0.1) is 5.69 Å². The van der Waals surface area contributed by atoms with E-state index in [4.69, 9.17) is 5.73 Å². The highest BCUT2D eigenvalue weighted by molar-refractivity contribution is 5.58. The van der Waals surface area contributed by atoms with Gasteiger partial charge in [0.25, 0.3) is 0 Å². The van der Waals surface area contributed by atoms with Crippen LogP contribution >= 0.6 is 0 Å². The highest BCUT2D eigenvalue weighted by atomic mass is 19.2. The van der Waals surface area contributed by atoms with E-state index >= 15 is 0 Å². The molecule has 0 aromatic heterocycles. The number of rotatable bonds is 3. The third kappa shape index (κ3) is 1.80. The molecule has 0 unspecified atom stereocenters. The number of anilines is 1. The van der Waals surface area contributed by atoms with Gasteiger partial charge in [0.15, 0.2) is 11.6 Å². The van der Waals surface area contributed by atoms with E-state index < -0.39 is 11.6 Å². The Labute approximate surface area is 100 Å². The zero-order valence-electron chi connectivity index (χ0n) is 10.3. The summed E-state index contributed by atoms with van der Waals surface area (Å²) in [5.41, 5.74) is 6.85. The lowest BCUT2D eigenvalue weighted by atomic mass is 9.64. The lowest BCUT2D eigenvalue weighted by molar-refractivity contribution is 0.252. The van der Waals surface area contributed by atoms with Gasteiger partial charge < -0.3 is 10.6 Å². The van der Waals surface area contributed by atoms with Gasteiger partial charge in [0.1, 0.15) is 0 Å². The van der Waals surface area contributed by atoms with Crippen LogP contribution in [0.5, 0.6) is 0 Å². The van der Waals surface area contributed by atoms with E-state index in [1.54, 1.807) is 25.1 Å². The number of nitrogens with two attached hydrogens (primary N) is 1. The van der Waals surface area contributed by atoms with Crippen molar-refractivity contribution in [2.45, 2.75) is 24.7 Å². The highest BCUT2D eigenvalue weighted by Gasteiger charge is 2.40. The van der Waals surface area contributed by atoms with Crippen molar-refractivity contribution in [3.63, 3.8) is 0 Å². The highest BCUT2D eigenvalue weighted by Crippen LogP contribution is 2.47. The van der Waals surface area contributed by atoms with Gasteiger partial charge in [0.2, 0.25) is 0 Å². The average Bonchev–Trinajstić information content (AvgIpc) is 2.22. The first kappa shape index (κ1) is 12.3. The predicted octanol–water partition coefficient (Wildman–Crippen LogP) is 2.41. The van der Waals surface area contributed by atoms with Crippen LogP contribution in [0.25, 0.3) is 0 Å². The first-order valence-corrected chi connectivity index (χ1v) is 5.88. The minimum Gasteiger partial charge on any atom is -0.375 e. The zero-order chi connectivity index (χ0) is 12.6. The van der Waals surface area contributed by atoms with Gasteiger partial charge in [-0.05, 0) is 24.5 Å². The van der Waals surface area contributed by atoms with Crippen LogP contribution in [0.3, 0.4) is 0 Å². The van der Waals surface area contributed by atoms with Crippen LogP contribution in [0.1, 0.15) is 24.8 Å². The number of nitrogens with zero attached hydrogens (tertiary/aromatic N) is 1. The van der Waals surface area contributed by atoms with Crippen LogP contribution in [0.4, 0.5) is 14.5 Å². The lowest BCUT2D eigenvalue weighted by Crippen LogP contribution is -2.42. The van der Waals surface area contributed by atoms with E-state index in [-0.39, 0.29) is 5.41 Å². The summed E-state index contributed by atoms with van der Waals surface area (Å²) in [6.45, 7) is 0.485. The largest absolute Gasteiger partial charge is 0.375 e. The van der Waals surface area contributed by atoms with Gasteiger partial charge in [0, 0.05) is 26.1 Å². The van der Waals surface area contributed by atoms with E-state index in [2.05, 4.69) is 0 Å². The van der Waals surface area contributed by atoms with Crippen LogP contribution in [-0.2, 0) is 5.41 Å². The summed E-state index contributed by atoms with van der Waals surface area (Å²) in [5, 5.41) is 0. The van der Waals surface area contributed by atoms with Gasteiger partial charge in [-0.2, -0.15) is 0 Å². The van der Waals surface area contributed by atoms with E-state index in [9.17, 15) is 8.78 Å². The molecule has 0 bridgehead atoms. The Morgan fingerprint density at radius 3 is 2.35 bits per heavy atom. The Morgan fingerprint density at radius 2 is 1.94 bits per heavy atom. The molecule has 2 rings (SSSR count). The molecule has 94 valence electrons. The molecule has 0 spiro atoms. The molecule has 1 aliphatic rings. The van der Waals surface area contributed by atoms with Crippen molar-refractivity contribution in [2.24, 2.45) is 5.73 Å². The maximum atomic E-state index is 13.9. The third-order valence-electron chi connectivity index (χ3n) is 3.79. The molecular weight excluding hydrogens is 222 g/mol. The molecule has 2 nitrogen and oxygen atoms in total. The van der Waals surface area contributed by atoms with Crippen molar-refractivity contribution in [3.05, 3.63) is 29.3 Å². The van der Waals surface area contributed by atoms with Crippen molar-refractivity contribution in [3.8, 4) is 0 Å². The number of halogens is 2. The molecule has 0 heterocycles. The quantitative estimate of drug-likeness (QED) is 0.879. The van der Waals surface area contributed by atoms with Gasteiger partial charge >= 0.3 is 0 Å². The topological polar surface area (TPSA) is 29.3 Å². The standard InChI is InChI=1S/C13H18F2N2/c1-17(2)12-9(4-5-10(14)11(12)15)13(8-16)6-3-7-13/h4-5H,3,6-8,16H2,1-2H3. The van der Waals surface area contributed by atoms with Crippen LogP contribution in [0.15, 0.2) is 12.1 Å². The van der Waals surface area contributed by atoms with Crippen LogP contribution in [-0.4, -0.2) is 20.6 Å². The smallest absolute Gasteiger partial charge is 0.182 e. The summed E-state index contributed by atoms with van der Waals surface area (Å²) >= 11 is 0. The molecule has 0 radical (unpaired) electrons. The molecule has 1 saturated carbocycles. The summed E-state index contributed by atoms with van der Waals surface area (Å²) < 4.78 is 27.2. The van der Waals surface area contributed by atoms with E-state index in [1.807, 2.05) is 0 Å². The van der Waals surface area contributed by atoms with E-state index in [0.29, 0.717) is 12.2 Å². The van der Waals surface area contributed by atoms with Gasteiger partial charge in [-0.25, -0.2) is 8.78 Å². The lowest BCUT2D eigenvalue weighted by Gasteiger charge is -2.43. The van der Waals surface area contributed by atoms with Crippen molar-refractivity contribution in [1.82, 2.24) is 0 Å². The second kappa shape index (κ2) is 4.26. The Bertz CT molecular complexity index is 420. The fraction of sp³-hybridized carbons (Fsp3) is 0.538. The molecule has 4 heteroatoms. The summed E-state index contributed by atoms with van der Waals surface area (Å²) in [4.78, 5) is 1.63. The zero-order valence-corrected chi connectivity index (χ0v) is 10.3. The Balaban J connectivity index is 2.57. The number of hydrogen-bond donors (Lipinski definition) is 1. The van der Waals surface area contributed by atoms with Crippen LogP contribution in [0, 0.1) is 11.6 Å². The molecule has 0 amide bonds. The molecule has 2 N–H and O–H groups in total. The maximum Gasteiger partial charge on any atom is 0.182 e. The molecule has 0 aliphatic heterocycles. The first-order chi connectivity index (χ1) is 8.02. The summed E-state index contributed by atoms with van der Waals surface area (Å²) in [6, 6.07) is 2.88. The molecule has 1 fully saturated rings. The SMILES string of the molecule is CN(C)c1c(C2(CN)CCC2)ccc(F)c1F. The second-order valence-electron chi connectivity index (χ2n) is 4.99. The number of hydrogen-bond acceptors (Lipinski definition) is 2. The molecule has 17 heavy (non-hydrogen) atoms. The van der Waals surface area contributed by atoms with Crippen molar-refractivity contribution >= 4 is 5.69 Å². The third-order valence-corrected chi connectivity index (χ3v) is 3.79. The fourth-order valence-electron chi connectivity index (χ4n) is 2.59. The molecule has 0 saturated heterocycles. The normalized spacial score (nSPS) is 17.7. The Kier molecular flexibility index (Phi) is 3.08. The Morgan fingerprint density at radius 1 is 1.29 bits per heavy atom. The van der Waals surface area contributed by atoms with E-state index in [1.165, 1.54) is 6.07 Å². The second-order valence-corrected chi connectivity index (χ2v) is 4.99. The van der Waals surface area contributed by atoms with Gasteiger partial charge in [-0.15, -0.1) is 0 Å². The van der Waals surface area contributed by atoms with Crippen molar-refractivity contribution in [1.29, 1.82) is 0 Å². The van der Waals surface area contributed by atoms with Crippen LogP contribution in [0.2, 0.25) is 0 Å². The van der Waals surface area contributed by atoms with Gasteiger partial charge in [-0.3, -0.25) is 0 Å². The molecule has 0 atom stereocenters. The summed E-state index contributed by atoms with van der Waals surface area (Å²) in [6.07, 6.45) is 3.01. The summed E-state index contributed by atoms with van der Waals surface area (Å²) in [5.74, 6) is -1.57. The maximum absolute atomic E-state index is 13.9. The monoisotopic (exact) mass is 240 g/mol. The van der Waals surface area contributed by atoms with Crippen molar-refractivity contribution < 1.29 is 8.78 Å². The Hall–Kier alpha value is -1.16. The average molecular weight is 240 g/mol. The minimum absolute atomic E-state index is 0.159. The van der Waals surface area contributed by atoms with Gasteiger partial charge in [-0.1, -0.05) is 12.5 Å². The van der Waals surface area contributed by atoms with Crippen molar-refractivity contribution in [2.75, 3.05) is 25.5 Å². The molecule has 1 aliphatic carbocycles. The minimum atomic E-state index is -0.802. The predicted molar refractivity (Wildman–Crippen MR) is 65.3 cm³/mol. The number of benzene rings is 1.